The van der Waals surface area contributed by atoms with Crippen molar-refractivity contribution in [1.29, 1.82) is 0 Å². The van der Waals surface area contributed by atoms with Crippen LogP contribution < -0.4 is 14.8 Å². The minimum absolute atomic E-state index is 0.160. The lowest BCUT2D eigenvalue weighted by atomic mass is 10.0. The van der Waals surface area contributed by atoms with Gasteiger partial charge in [-0.1, -0.05) is 26.0 Å². The van der Waals surface area contributed by atoms with Crippen LogP contribution in [0, 0.1) is 0 Å². The molecule has 0 unspecified atom stereocenters. The van der Waals surface area contributed by atoms with E-state index >= 15 is 0 Å². The highest BCUT2D eigenvalue weighted by Crippen LogP contribution is 2.39. The number of hydrogen-bond donors (Lipinski definition) is 1. The summed E-state index contributed by atoms with van der Waals surface area (Å²) >= 11 is 4.13. The number of nitrogens with one attached hydrogen (secondary N) is 1. The van der Waals surface area contributed by atoms with Crippen molar-refractivity contribution in [3.63, 3.8) is 0 Å². The van der Waals surface area contributed by atoms with Crippen molar-refractivity contribution in [2.75, 3.05) is 32.2 Å². The van der Waals surface area contributed by atoms with Crippen LogP contribution in [0.25, 0.3) is 6.08 Å². The third kappa shape index (κ3) is 7.36. The Bertz CT molecular complexity index is 1230. The second kappa shape index (κ2) is 12.8. The van der Waals surface area contributed by atoms with Crippen LogP contribution in [0.3, 0.4) is 0 Å². The van der Waals surface area contributed by atoms with E-state index in [1.54, 1.807) is 31.2 Å². The second-order valence-corrected chi connectivity index (χ2v) is 10.1. The lowest BCUT2D eigenvalue weighted by Crippen LogP contribution is -2.36. The summed E-state index contributed by atoms with van der Waals surface area (Å²) in [5, 5.41) is 2.17. The fourth-order valence-corrected chi connectivity index (χ4v) is 4.79. The molecule has 1 aliphatic rings. The molecule has 0 atom stereocenters. The first kappa shape index (κ1) is 28.3. The molecule has 0 saturated carbocycles. The number of halogens is 1. The van der Waals surface area contributed by atoms with Crippen molar-refractivity contribution in [2.45, 2.75) is 26.7 Å². The number of methoxy groups -OCH3 is 1. The molecule has 11 heteroatoms. The number of amides is 3. The minimum atomic E-state index is -0.571. The minimum Gasteiger partial charge on any atom is -0.493 e. The molecule has 2 aromatic carbocycles. The smallest absolute Gasteiger partial charge is 0.344 e. The van der Waals surface area contributed by atoms with Gasteiger partial charge in [-0.25, -0.2) is 4.79 Å². The number of anilines is 1. The van der Waals surface area contributed by atoms with E-state index in [4.69, 9.17) is 14.2 Å². The Balaban J connectivity index is 1.70. The van der Waals surface area contributed by atoms with E-state index in [1.165, 1.54) is 13.2 Å². The molecule has 1 saturated heterocycles. The summed E-state index contributed by atoms with van der Waals surface area (Å²) in [6.07, 6.45) is 1.52. The molecular formula is C26H27BrN2O7S. The first-order valence-corrected chi connectivity index (χ1v) is 13.0. The van der Waals surface area contributed by atoms with Gasteiger partial charge in [0.15, 0.2) is 18.1 Å². The van der Waals surface area contributed by atoms with E-state index in [-0.39, 0.29) is 18.1 Å². The standard InChI is InChI=1S/C26H27BrN2O7S/c1-5-35-23(31)14-36-24-19(27)10-16(11-20(24)34-4)12-21-25(32)29(26(33)37-21)13-22(30)28-18-8-6-17(7-9-18)15(2)3/h6-12,15H,5,13-14H2,1-4H3,(H,28,30)/b21-12-. The fourth-order valence-electron chi connectivity index (χ4n) is 3.38. The normalized spacial score (nSPS) is 14.3. The molecule has 3 rings (SSSR count). The summed E-state index contributed by atoms with van der Waals surface area (Å²) in [5.74, 6) is -0.608. The van der Waals surface area contributed by atoms with E-state index in [1.807, 2.05) is 12.1 Å². The van der Waals surface area contributed by atoms with Crippen LogP contribution in [-0.4, -0.2) is 54.8 Å². The molecule has 0 radical (unpaired) electrons. The molecule has 1 fully saturated rings. The largest absolute Gasteiger partial charge is 0.493 e. The number of nitrogens with zero attached hydrogens (tertiary/aromatic N) is 1. The van der Waals surface area contributed by atoms with Gasteiger partial charge in [0.25, 0.3) is 11.1 Å². The molecule has 2 aromatic rings. The molecule has 0 bridgehead atoms. The number of imide groups is 1. The molecule has 1 heterocycles. The van der Waals surface area contributed by atoms with Gasteiger partial charge in [-0.2, -0.15) is 0 Å². The van der Waals surface area contributed by atoms with Gasteiger partial charge < -0.3 is 19.5 Å². The molecule has 1 N–H and O–H groups in total. The molecule has 0 aliphatic carbocycles. The van der Waals surface area contributed by atoms with Gasteiger partial charge in [0.05, 0.1) is 23.1 Å². The molecule has 0 aromatic heterocycles. The number of thioether (sulfide) groups is 1. The van der Waals surface area contributed by atoms with Crippen LogP contribution in [0.4, 0.5) is 10.5 Å². The number of hydrogen-bond acceptors (Lipinski definition) is 8. The van der Waals surface area contributed by atoms with Crippen LogP contribution in [0.5, 0.6) is 11.5 Å². The zero-order valence-corrected chi connectivity index (χ0v) is 23.2. The quantitative estimate of drug-likeness (QED) is 0.297. The Labute approximate surface area is 227 Å². The average Bonchev–Trinajstić information content (AvgIpc) is 3.10. The van der Waals surface area contributed by atoms with Gasteiger partial charge in [0.1, 0.15) is 6.54 Å². The molecule has 3 amide bonds. The molecule has 196 valence electrons. The van der Waals surface area contributed by atoms with Gasteiger partial charge in [-0.3, -0.25) is 19.3 Å². The maximum atomic E-state index is 12.9. The summed E-state index contributed by atoms with van der Waals surface area (Å²) in [6, 6.07) is 10.7. The van der Waals surface area contributed by atoms with Gasteiger partial charge in [0, 0.05) is 5.69 Å². The van der Waals surface area contributed by atoms with E-state index in [0.717, 1.165) is 22.2 Å². The maximum Gasteiger partial charge on any atom is 0.344 e. The number of rotatable bonds is 10. The number of carbonyl (C=O) groups excluding carboxylic acids is 4. The number of carbonyl (C=O) groups is 4. The van der Waals surface area contributed by atoms with Crippen LogP contribution in [0.15, 0.2) is 45.8 Å². The zero-order chi connectivity index (χ0) is 27.1. The average molecular weight is 591 g/mol. The van der Waals surface area contributed by atoms with Crippen LogP contribution in [0.1, 0.15) is 37.8 Å². The van der Waals surface area contributed by atoms with Crippen molar-refractivity contribution in [3.8, 4) is 11.5 Å². The number of esters is 1. The topological polar surface area (TPSA) is 111 Å². The Hall–Kier alpha value is -3.31. The van der Waals surface area contributed by atoms with Gasteiger partial charge >= 0.3 is 5.97 Å². The monoisotopic (exact) mass is 590 g/mol. The first-order valence-electron chi connectivity index (χ1n) is 11.4. The third-order valence-corrected chi connectivity index (χ3v) is 6.72. The zero-order valence-electron chi connectivity index (χ0n) is 20.8. The number of ether oxygens (including phenoxy) is 3. The van der Waals surface area contributed by atoms with Gasteiger partial charge in [-0.05, 0) is 82.0 Å². The first-order chi connectivity index (χ1) is 17.6. The Morgan fingerprint density at radius 3 is 2.49 bits per heavy atom. The van der Waals surface area contributed by atoms with Crippen molar-refractivity contribution < 1.29 is 33.4 Å². The van der Waals surface area contributed by atoms with Gasteiger partial charge in [-0.15, -0.1) is 0 Å². The van der Waals surface area contributed by atoms with Crippen molar-refractivity contribution >= 4 is 62.5 Å². The summed E-state index contributed by atoms with van der Waals surface area (Å²) in [5.41, 5.74) is 2.27. The molecule has 0 spiro atoms. The van der Waals surface area contributed by atoms with Gasteiger partial charge in [0.2, 0.25) is 5.91 Å². The number of benzene rings is 2. The van der Waals surface area contributed by atoms with Crippen molar-refractivity contribution in [2.24, 2.45) is 0 Å². The predicted molar refractivity (Wildman–Crippen MR) is 145 cm³/mol. The molecule has 1 aliphatic heterocycles. The second-order valence-electron chi connectivity index (χ2n) is 8.22. The maximum absolute atomic E-state index is 12.9. The third-order valence-electron chi connectivity index (χ3n) is 5.23. The Kier molecular flexibility index (Phi) is 9.76. The van der Waals surface area contributed by atoms with E-state index < -0.39 is 29.6 Å². The Morgan fingerprint density at radius 2 is 1.86 bits per heavy atom. The lowest BCUT2D eigenvalue weighted by Gasteiger charge is -2.14. The van der Waals surface area contributed by atoms with Crippen molar-refractivity contribution in [3.05, 3.63) is 56.9 Å². The fraction of sp³-hybridized carbons (Fsp3) is 0.308. The Morgan fingerprint density at radius 1 is 1.16 bits per heavy atom. The summed E-state index contributed by atoms with van der Waals surface area (Å²) in [7, 11) is 1.44. The molecular weight excluding hydrogens is 564 g/mol. The molecule has 37 heavy (non-hydrogen) atoms. The van der Waals surface area contributed by atoms with E-state index in [0.29, 0.717) is 33.1 Å². The van der Waals surface area contributed by atoms with Crippen LogP contribution in [-0.2, 0) is 19.1 Å². The van der Waals surface area contributed by atoms with Crippen molar-refractivity contribution in [1.82, 2.24) is 4.90 Å². The summed E-state index contributed by atoms with van der Waals surface area (Å²) in [6.45, 7) is 5.38. The highest BCUT2D eigenvalue weighted by atomic mass is 79.9. The molecule has 9 nitrogen and oxygen atoms in total. The van der Waals surface area contributed by atoms with Crippen LogP contribution in [0.2, 0.25) is 0 Å². The van der Waals surface area contributed by atoms with Crippen LogP contribution >= 0.6 is 27.7 Å². The van der Waals surface area contributed by atoms with E-state index in [9.17, 15) is 19.2 Å². The highest BCUT2D eigenvalue weighted by molar-refractivity contribution is 9.10. The predicted octanol–water partition coefficient (Wildman–Crippen LogP) is 5.20. The summed E-state index contributed by atoms with van der Waals surface area (Å²) in [4.78, 5) is 50.6. The summed E-state index contributed by atoms with van der Waals surface area (Å²) < 4.78 is 16.2. The lowest BCUT2D eigenvalue weighted by molar-refractivity contribution is -0.145. The highest BCUT2D eigenvalue weighted by Gasteiger charge is 2.36. The van der Waals surface area contributed by atoms with E-state index in [2.05, 4.69) is 35.1 Å². The SMILES string of the molecule is CCOC(=O)COc1c(Br)cc(/C=C2\SC(=O)N(CC(=O)Nc3ccc(C(C)C)cc3)C2=O)cc1OC.